The normalized spacial score (nSPS) is 16.5. The van der Waals surface area contributed by atoms with E-state index < -0.39 is 12.1 Å². The van der Waals surface area contributed by atoms with Crippen molar-refractivity contribution in [3.05, 3.63) is 90.0 Å². The first-order valence-corrected chi connectivity index (χ1v) is 14.2. The zero-order valence-electron chi connectivity index (χ0n) is 24.7. The van der Waals surface area contributed by atoms with Crippen LogP contribution in [0.3, 0.4) is 0 Å². The van der Waals surface area contributed by atoms with Crippen molar-refractivity contribution in [2.75, 3.05) is 38.1 Å². The molecule has 0 atom stereocenters. The molecule has 0 aromatic heterocycles. The van der Waals surface area contributed by atoms with Gasteiger partial charge in [0.05, 0.1) is 20.8 Å². The van der Waals surface area contributed by atoms with E-state index in [9.17, 15) is 14.4 Å². The number of hydrogen-bond donors (Lipinski definition) is 1. The molecule has 8 heteroatoms. The number of methoxy groups -OCH3 is 2. The third-order valence-corrected chi connectivity index (χ3v) is 7.66. The fourth-order valence-corrected chi connectivity index (χ4v) is 5.19. The maximum Gasteiger partial charge on any atom is 0.407 e. The van der Waals surface area contributed by atoms with Crippen LogP contribution in [0.15, 0.2) is 78.9 Å². The van der Waals surface area contributed by atoms with Crippen molar-refractivity contribution in [1.29, 1.82) is 0 Å². The Morgan fingerprint density at radius 1 is 0.833 bits per heavy atom. The number of anilines is 2. The van der Waals surface area contributed by atoms with Gasteiger partial charge in [0.1, 0.15) is 0 Å². The van der Waals surface area contributed by atoms with Gasteiger partial charge < -0.3 is 24.6 Å². The number of carbonyl (C=O) groups excluding carboxylic acids is 3. The van der Waals surface area contributed by atoms with Crippen LogP contribution in [0.4, 0.5) is 16.2 Å². The molecule has 220 valence electrons. The molecule has 42 heavy (non-hydrogen) atoms. The molecule has 8 nitrogen and oxygen atoms in total. The van der Waals surface area contributed by atoms with Crippen molar-refractivity contribution < 1.29 is 23.9 Å². The van der Waals surface area contributed by atoms with E-state index in [2.05, 4.69) is 58.7 Å². The lowest BCUT2D eigenvalue weighted by molar-refractivity contribution is -0.134. The van der Waals surface area contributed by atoms with Crippen LogP contribution in [-0.4, -0.2) is 52.3 Å². The van der Waals surface area contributed by atoms with E-state index >= 15 is 0 Å². The van der Waals surface area contributed by atoms with E-state index in [0.717, 1.165) is 33.6 Å². The Bertz CT molecular complexity index is 1390. The first-order chi connectivity index (χ1) is 20.3. The number of rotatable bonds is 9. The summed E-state index contributed by atoms with van der Waals surface area (Å²) < 4.78 is 9.45. The van der Waals surface area contributed by atoms with Crippen LogP contribution in [0, 0.1) is 5.92 Å². The number of nitrogens with zero attached hydrogens (tertiary/aromatic N) is 2. The zero-order valence-corrected chi connectivity index (χ0v) is 24.7. The lowest BCUT2D eigenvalue weighted by atomic mass is 9.85. The molecule has 2 amide bonds. The predicted molar refractivity (Wildman–Crippen MR) is 166 cm³/mol. The maximum absolute atomic E-state index is 14.0. The first-order valence-electron chi connectivity index (χ1n) is 14.2. The Hall–Kier alpha value is -4.59. The number of alkyl carbamates (subject to hydrolysis) is 1. The summed E-state index contributed by atoms with van der Waals surface area (Å²) in [5.74, 6) is -0.560. The van der Waals surface area contributed by atoms with Gasteiger partial charge in [0.15, 0.2) is 0 Å². The molecule has 1 aliphatic rings. The minimum absolute atomic E-state index is 0.000993. The SMILES string of the molecule is COC(=O)/C=C/c1cccc(N(Cc2ccc(-c3ccc(N(C)C)cc3)cc2)C(=O)C2CCC(NC(=O)OC)CC2)c1. The lowest BCUT2D eigenvalue weighted by Gasteiger charge is -2.32. The molecule has 1 aliphatic carbocycles. The van der Waals surface area contributed by atoms with E-state index in [-0.39, 0.29) is 17.9 Å². The van der Waals surface area contributed by atoms with Crippen molar-refractivity contribution >= 4 is 35.4 Å². The highest BCUT2D eigenvalue weighted by Gasteiger charge is 2.31. The fourth-order valence-electron chi connectivity index (χ4n) is 5.19. The van der Waals surface area contributed by atoms with Gasteiger partial charge in [0, 0.05) is 43.5 Å². The van der Waals surface area contributed by atoms with Gasteiger partial charge in [-0.2, -0.15) is 0 Å². The molecule has 4 rings (SSSR count). The molecule has 0 unspecified atom stereocenters. The molecular weight excluding hydrogens is 530 g/mol. The highest BCUT2D eigenvalue weighted by atomic mass is 16.5. The standard InChI is InChI=1S/C34H39N3O5/c1-36(2)30-19-15-27(16-20-30)26-11-8-25(9-12-26)23-37(31-7-5-6-24(22-31)10-21-32(38)41-3)33(39)28-13-17-29(18-14-28)35-34(40)42-4/h5-12,15-16,19-22,28-29H,13-14,17-18,23H2,1-4H3,(H,35,40)/b21-10+. The van der Waals surface area contributed by atoms with Gasteiger partial charge in [-0.15, -0.1) is 0 Å². The van der Waals surface area contributed by atoms with Crippen molar-refractivity contribution in [3.8, 4) is 11.1 Å². The Morgan fingerprint density at radius 3 is 2.07 bits per heavy atom. The monoisotopic (exact) mass is 569 g/mol. The van der Waals surface area contributed by atoms with Crippen LogP contribution in [0.25, 0.3) is 17.2 Å². The van der Waals surface area contributed by atoms with Gasteiger partial charge in [-0.05, 0) is 78.3 Å². The van der Waals surface area contributed by atoms with Crippen molar-refractivity contribution in [3.63, 3.8) is 0 Å². The number of esters is 1. The van der Waals surface area contributed by atoms with Crippen LogP contribution >= 0.6 is 0 Å². The molecule has 1 fully saturated rings. The number of nitrogens with one attached hydrogen (secondary N) is 1. The van der Waals surface area contributed by atoms with Crippen molar-refractivity contribution in [2.24, 2.45) is 5.92 Å². The van der Waals surface area contributed by atoms with Crippen LogP contribution in [-0.2, 0) is 25.6 Å². The largest absolute Gasteiger partial charge is 0.466 e. The van der Waals surface area contributed by atoms with Gasteiger partial charge >= 0.3 is 12.1 Å². The molecule has 0 bridgehead atoms. The molecule has 0 saturated heterocycles. The van der Waals surface area contributed by atoms with Crippen molar-refractivity contribution in [2.45, 2.75) is 38.3 Å². The van der Waals surface area contributed by atoms with Crippen LogP contribution in [0.1, 0.15) is 36.8 Å². The maximum atomic E-state index is 14.0. The van der Waals surface area contributed by atoms with E-state index in [1.807, 2.05) is 43.3 Å². The summed E-state index contributed by atoms with van der Waals surface area (Å²) in [6.45, 7) is 0.406. The number of amides is 2. The van der Waals surface area contributed by atoms with Crippen LogP contribution < -0.4 is 15.1 Å². The second-order valence-corrected chi connectivity index (χ2v) is 10.7. The highest BCUT2D eigenvalue weighted by Crippen LogP contribution is 2.30. The van der Waals surface area contributed by atoms with Crippen LogP contribution in [0.5, 0.6) is 0 Å². The Labute approximate surface area is 247 Å². The second-order valence-electron chi connectivity index (χ2n) is 10.7. The Balaban J connectivity index is 1.55. The summed E-state index contributed by atoms with van der Waals surface area (Å²) in [6, 6.07) is 24.3. The first kappa shape index (κ1) is 30.4. The van der Waals surface area contributed by atoms with E-state index in [1.165, 1.54) is 20.3 Å². The number of carbonyl (C=O) groups is 3. The third kappa shape index (κ3) is 8.00. The number of benzene rings is 3. The van der Waals surface area contributed by atoms with E-state index in [1.54, 1.807) is 6.08 Å². The van der Waals surface area contributed by atoms with Gasteiger partial charge in [-0.1, -0.05) is 48.5 Å². The molecule has 3 aromatic rings. The molecule has 1 N–H and O–H groups in total. The molecular formula is C34H39N3O5. The Kier molecular flexibility index (Phi) is 10.4. The second kappa shape index (κ2) is 14.3. The summed E-state index contributed by atoms with van der Waals surface area (Å²) in [4.78, 5) is 41.2. The minimum Gasteiger partial charge on any atom is -0.466 e. The summed E-state index contributed by atoms with van der Waals surface area (Å²) in [5.41, 5.74) is 5.93. The third-order valence-electron chi connectivity index (χ3n) is 7.66. The highest BCUT2D eigenvalue weighted by molar-refractivity contribution is 5.95. The molecule has 0 radical (unpaired) electrons. The van der Waals surface area contributed by atoms with Gasteiger partial charge in [-0.3, -0.25) is 4.79 Å². The van der Waals surface area contributed by atoms with E-state index in [0.29, 0.717) is 32.2 Å². The van der Waals surface area contributed by atoms with Gasteiger partial charge in [-0.25, -0.2) is 9.59 Å². The molecule has 0 aliphatic heterocycles. The van der Waals surface area contributed by atoms with Gasteiger partial charge in [0.2, 0.25) is 5.91 Å². The van der Waals surface area contributed by atoms with Crippen LogP contribution in [0.2, 0.25) is 0 Å². The smallest absolute Gasteiger partial charge is 0.407 e. The molecule has 0 spiro atoms. The lowest BCUT2D eigenvalue weighted by Crippen LogP contribution is -2.42. The summed E-state index contributed by atoms with van der Waals surface area (Å²) in [7, 11) is 6.73. The Morgan fingerprint density at radius 2 is 1.48 bits per heavy atom. The van der Waals surface area contributed by atoms with E-state index in [4.69, 9.17) is 9.47 Å². The quantitative estimate of drug-likeness (QED) is 0.249. The minimum atomic E-state index is -0.444. The summed E-state index contributed by atoms with van der Waals surface area (Å²) in [6.07, 6.45) is 5.37. The fraction of sp³-hybridized carbons (Fsp3) is 0.324. The molecule has 1 saturated carbocycles. The summed E-state index contributed by atoms with van der Waals surface area (Å²) >= 11 is 0. The average molecular weight is 570 g/mol. The summed E-state index contributed by atoms with van der Waals surface area (Å²) in [5, 5.41) is 2.86. The molecule has 3 aromatic carbocycles. The van der Waals surface area contributed by atoms with Crippen molar-refractivity contribution in [1.82, 2.24) is 5.32 Å². The molecule has 0 heterocycles. The average Bonchev–Trinajstić information content (AvgIpc) is 3.03. The topological polar surface area (TPSA) is 88.2 Å². The number of hydrogen-bond acceptors (Lipinski definition) is 6. The predicted octanol–water partition coefficient (Wildman–Crippen LogP) is 6.05. The zero-order chi connectivity index (χ0) is 30.1. The van der Waals surface area contributed by atoms with Gasteiger partial charge in [0.25, 0.3) is 0 Å². The number of ether oxygens (including phenoxy) is 2.